The number of hydrogen-bond donors (Lipinski definition) is 1. The van der Waals surface area contributed by atoms with Gasteiger partial charge in [0.2, 0.25) is 0 Å². The summed E-state index contributed by atoms with van der Waals surface area (Å²) in [6, 6.07) is 11.1. The molecule has 1 unspecified atom stereocenters. The first-order valence-corrected chi connectivity index (χ1v) is 6.59. The Balaban J connectivity index is 2.05. The predicted octanol–water partition coefficient (Wildman–Crippen LogP) is 3.29. The molecule has 82 valence electrons. The quantitative estimate of drug-likeness (QED) is 0.791. The van der Waals surface area contributed by atoms with Crippen molar-refractivity contribution in [2.24, 2.45) is 0 Å². The van der Waals surface area contributed by atoms with Gasteiger partial charge >= 0.3 is 0 Å². The van der Waals surface area contributed by atoms with Gasteiger partial charge < -0.3 is 5.32 Å². The van der Waals surface area contributed by atoms with Gasteiger partial charge in [-0.05, 0) is 35.4 Å². The minimum atomic E-state index is 0.398. The number of thiophene rings is 1. The molecule has 2 heteroatoms. The Bertz CT molecular complexity index is 487. The number of aryl methyl sites for hydroxylation is 1. The van der Waals surface area contributed by atoms with Gasteiger partial charge in [-0.2, -0.15) is 0 Å². The molecular weight excluding hydrogens is 214 g/mol. The maximum absolute atomic E-state index is 3.61. The number of rotatable bonds is 1. The molecule has 0 aliphatic carbocycles. The Labute approximate surface area is 100 Å². The van der Waals surface area contributed by atoms with Crippen molar-refractivity contribution in [3.63, 3.8) is 0 Å². The van der Waals surface area contributed by atoms with E-state index in [1.807, 2.05) is 11.3 Å². The molecule has 16 heavy (non-hydrogen) atoms. The summed E-state index contributed by atoms with van der Waals surface area (Å²) in [5.41, 5.74) is 4.43. The summed E-state index contributed by atoms with van der Waals surface area (Å²) in [5, 5.41) is 5.93. The second kappa shape index (κ2) is 4.04. The lowest BCUT2D eigenvalue weighted by Gasteiger charge is -2.25. The molecule has 2 heterocycles. The van der Waals surface area contributed by atoms with Gasteiger partial charge in [-0.3, -0.25) is 0 Å². The molecule has 1 aliphatic rings. The molecule has 1 atom stereocenters. The van der Waals surface area contributed by atoms with E-state index in [4.69, 9.17) is 0 Å². The molecule has 0 bridgehead atoms. The minimum absolute atomic E-state index is 0.398. The number of nitrogens with one attached hydrogen (secondary N) is 1. The van der Waals surface area contributed by atoms with Crippen LogP contribution in [0, 0.1) is 6.92 Å². The highest BCUT2D eigenvalue weighted by atomic mass is 32.1. The highest BCUT2D eigenvalue weighted by Crippen LogP contribution is 2.33. The zero-order chi connectivity index (χ0) is 11.0. The number of benzene rings is 1. The van der Waals surface area contributed by atoms with Crippen LogP contribution in [0.5, 0.6) is 0 Å². The second-order valence-corrected chi connectivity index (χ2v) is 5.36. The average molecular weight is 229 g/mol. The third-order valence-corrected chi connectivity index (χ3v) is 4.28. The molecule has 3 rings (SSSR count). The predicted molar refractivity (Wildman–Crippen MR) is 69.0 cm³/mol. The van der Waals surface area contributed by atoms with Crippen LogP contribution >= 0.6 is 11.3 Å². The lowest BCUT2D eigenvalue weighted by atomic mass is 9.92. The summed E-state index contributed by atoms with van der Waals surface area (Å²) in [5.74, 6) is 0. The second-order valence-electron chi connectivity index (χ2n) is 4.27. The monoisotopic (exact) mass is 229 g/mol. The molecule has 0 spiro atoms. The van der Waals surface area contributed by atoms with E-state index in [0.29, 0.717) is 6.04 Å². The molecule has 1 aliphatic heterocycles. The standard InChI is InChI=1S/C14H15NS/c1-10-12-7-8-15-14(13(12)9-16-10)11-5-3-2-4-6-11/h2-6,9,14-15H,7-8H2,1H3. The summed E-state index contributed by atoms with van der Waals surface area (Å²) in [6.07, 6.45) is 1.17. The van der Waals surface area contributed by atoms with Gasteiger partial charge in [0.15, 0.2) is 0 Å². The third-order valence-electron chi connectivity index (χ3n) is 3.30. The Kier molecular flexibility index (Phi) is 2.54. The zero-order valence-electron chi connectivity index (χ0n) is 9.36. The van der Waals surface area contributed by atoms with Crippen molar-refractivity contribution in [3.8, 4) is 0 Å². The van der Waals surface area contributed by atoms with Crippen LogP contribution < -0.4 is 5.32 Å². The third kappa shape index (κ3) is 1.58. The van der Waals surface area contributed by atoms with Crippen LogP contribution in [0.1, 0.15) is 27.6 Å². The van der Waals surface area contributed by atoms with E-state index in [1.54, 1.807) is 5.56 Å². The molecule has 2 aromatic rings. The van der Waals surface area contributed by atoms with Gasteiger partial charge in [0.05, 0.1) is 6.04 Å². The van der Waals surface area contributed by atoms with Crippen LogP contribution in [-0.2, 0) is 6.42 Å². The Morgan fingerprint density at radius 1 is 1.25 bits per heavy atom. The summed E-state index contributed by atoms with van der Waals surface area (Å²) < 4.78 is 0. The van der Waals surface area contributed by atoms with Crippen LogP contribution in [-0.4, -0.2) is 6.54 Å². The first-order valence-electron chi connectivity index (χ1n) is 5.71. The van der Waals surface area contributed by atoms with Crippen LogP contribution in [0.3, 0.4) is 0 Å². The fraction of sp³-hybridized carbons (Fsp3) is 0.286. The molecule has 0 radical (unpaired) electrons. The molecule has 0 amide bonds. The maximum Gasteiger partial charge on any atom is 0.0587 e. The van der Waals surface area contributed by atoms with Crippen molar-refractivity contribution in [1.29, 1.82) is 0 Å². The van der Waals surface area contributed by atoms with Crippen LogP contribution in [0.25, 0.3) is 0 Å². The SMILES string of the molecule is Cc1scc2c1CCNC2c1ccccc1. The van der Waals surface area contributed by atoms with Crippen molar-refractivity contribution < 1.29 is 0 Å². The summed E-state index contributed by atoms with van der Waals surface area (Å²) in [7, 11) is 0. The van der Waals surface area contributed by atoms with Gasteiger partial charge in [-0.25, -0.2) is 0 Å². The van der Waals surface area contributed by atoms with Gasteiger partial charge in [0.1, 0.15) is 0 Å². The van der Waals surface area contributed by atoms with Gasteiger partial charge in [0.25, 0.3) is 0 Å². The van der Waals surface area contributed by atoms with Crippen molar-refractivity contribution in [2.45, 2.75) is 19.4 Å². The van der Waals surface area contributed by atoms with Gasteiger partial charge in [0, 0.05) is 11.4 Å². The molecule has 1 aromatic carbocycles. The first kappa shape index (κ1) is 10.1. The number of fused-ring (bicyclic) bond motifs is 1. The first-order chi connectivity index (χ1) is 7.86. The largest absolute Gasteiger partial charge is 0.306 e. The molecular formula is C14H15NS. The van der Waals surface area contributed by atoms with E-state index in [-0.39, 0.29) is 0 Å². The van der Waals surface area contributed by atoms with Crippen LogP contribution in [0.15, 0.2) is 35.7 Å². The zero-order valence-corrected chi connectivity index (χ0v) is 10.2. The van der Waals surface area contributed by atoms with Gasteiger partial charge in [-0.15, -0.1) is 11.3 Å². The Morgan fingerprint density at radius 3 is 2.88 bits per heavy atom. The van der Waals surface area contributed by atoms with Gasteiger partial charge in [-0.1, -0.05) is 30.3 Å². The number of hydrogen-bond acceptors (Lipinski definition) is 2. The summed E-state index contributed by atoms with van der Waals surface area (Å²) >= 11 is 1.88. The van der Waals surface area contributed by atoms with E-state index in [9.17, 15) is 0 Å². The fourth-order valence-corrected chi connectivity index (χ4v) is 3.40. The van der Waals surface area contributed by atoms with E-state index >= 15 is 0 Å². The van der Waals surface area contributed by atoms with Crippen molar-refractivity contribution in [3.05, 3.63) is 57.3 Å². The Hall–Kier alpha value is -1.12. The fourth-order valence-electron chi connectivity index (χ4n) is 2.45. The average Bonchev–Trinajstić information content (AvgIpc) is 2.73. The maximum atomic E-state index is 3.61. The molecule has 1 N–H and O–H groups in total. The van der Waals surface area contributed by atoms with Crippen molar-refractivity contribution in [2.75, 3.05) is 6.54 Å². The topological polar surface area (TPSA) is 12.0 Å². The van der Waals surface area contributed by atoms with E-state index in [2.05, 4.69) is 48.0 Å². The normalized spacial score (nSPS) is 19.4. The lowest BCUT2D eigenvalue weighted by molar-refractivity contribution is 0.570. The molecule has 0 saturated carbocycles. The van der Waals surface area contributed by atoms with E-state index in [0.717, 1.165) is 6.54 Å². The van der Waals surface area contributed by atoms with Crippen LogP contribution in [0.2, 0.25) is 0 Å². The molecule has 0 fully saturated rings. The van der Waals surface area contributed by atoms with Crippen LogP contribution in [0.4, 0.5) is 0 Å². The highest BCUT2D eigenvalue weighted by Gasteiger charge is 2.23. The van der Waals surface area contributed by atoms with Crippen molar-refractivity contribution in [1.82, 2.24) is 5.32 Å². The minimum Gasteiger partial charge on any atom is -0.306 e. The smallest absolute Gasteiger partial charge is 0.0587 e. The molecule has 0 saturated heterocycles. The molecule has 1 nitrogen and oxygen atoms in total. The highest BCUT2D eigenvalue weighted by molar-refractivity contribution is 7.10. The summed E-state index contributed by atoms with van der Waals surface area (Å²) in [4.78, 5) is 1.48. The Morgan fingerprint density at radius 2 is 2.06 bits per heavy atom. The molecule has 1 aromatic heterocycles. The summed E-state index contributed by atoms with van der Waals surface area (Å²) in [6.45, 7) is 3.32. The van der Waals surface area contributed by atoms with Crippen molar-refractivity contribution >= 4 is 11.3 Å². The van der Waals surface area contributed by atoms with E-state index < -0.39 is 0 Å². The lowest BCUT2D eigenvalue weighted by Crippen LogP contribution is -2.29. The van der Waals surface area contributed by atoms with E-state index in [1.165, 1.54) is 22.4 Å².